The minimum absolute atomic E-state index is 0.0315. The van der Waals surface area contributed by atoms with E-state index in [1.54, 1.807) is 30.3 Å². The first kappa shape index (κ1) is 28.4. The highest BCUT2D eigenvalue weighted by Gasteiger charge is 2.41. The first-order valence-corrected chi connectivity index (χ1v) is 16.0. The van der Waals surface area contributed by atoms with E-state index in [-0.39, 0.29) is 35.4 Å². The number of benzene rings is 1. The third kappa shape index (κ3) is 6.02. The average Bonchev–Trinajstić information content (AvgIpc) is 3.39. The fourth-order valence-corrected chi connectivity index (χ4v) is 6.24. The Labute approximate surface area is 223 Å². The highest BCUT2D eigenvalue weighted by Crippen LogP contribution is 2.38. The van der Waals surface area contributed by atoms with E-state index in [1.165, 1.54) is 11.0 Å². The number of hydrogen-bond acceptors (Lipinski definition) is 5. The van der Waals surface area contributed by atoms with Gasteiger partial charge in [0.05, 0.1) is 17.2 Å². The van der Waals surface area contributed by atoms with Crippen LogP contribution in [0.5, 0.6) is 0 Å². The zero-order valence-corrected chi connectivity index (χ0v) is 23.6. The molecule has 10 heteroatoms. The molecule has 1 saturated heterocycles. The second-order valence-electron chi connectivity index (χ2n) is 11.8. The van der Waals surface area contributed by atoms with Crippen LogP contribution in [0, 0.1) is 0 Å². The van der Waals surface area contributed by atoms with Gasteiger partial charge >= 0.3 is 6.18 Å². The zero-order valence-electron chi connectivity index (χ0n) is 22.6. The lowest BCUT2D eigenvalue weighted by Crippen LogP contribution is -2.48. The molecule has 4 rings (SSSR count). The minimum Gasteiger partial charge on any atom is -0.413 e. The molecule has 0 N–H and O–H groups in total. The van der Waals surface area contributed by atoms with Gasteiger partial charge in [0.2, 0.25) is 0 Å². The predicted octanol–water partition coefficient (Wildman–Crippen LogP) is 5.97. The van der Waals surface area contributed by atoms with Gasteiger partial charge in [0, 0.05) is 31.2 Å². The number of aromatic nitrogens is 1. The Morgan fingerprint density at radius 3 is 2.24 bits per heavy atom. The van der Waals surface area contributed by atoms with E-state index in [2.05, 4.69) is 43.7 Å². The summed E-state index contributed by atoms with van der Waals surface area (Å²) >= 11 is 0. The van der Waals surface area contributed by atoms with Crippen LogP contribution in [0.15, 0.2) is 42.5 Å². The highest BCUT2D eigenvalue weighted by molar-refractivity contribution is 6.74. The van der Waals surface area contributed by atoms with Crippen molar-refractivity contribution in [2.24, 2.45) is 0 Å². The van der Waals surface area contributed by atoms with Gasteiger partial charge in [0.15, 0.2) is 8.32 Å². The Hall–Kier alpha value is -2.56. The SMILES string of the molecule is CC(C)(C)[Si](C)(C)O[C@H](CCN1C(=O)c2ccccc2C1=O)CN1CCC(c2cccc(C(F)(F)F)n2)C1. The number of pyridine rings is 1. The summed E-state index contributed by atoms with van der Waals surface area (Å²) in [6, 6.07) is 10.9. The van der Waals surface area contributed by atoms with E-state index in [9.17, 15) is 22.8 Å². The molecule has 1 unspecified atom stereocenters. The maximum Gasteiger partial charge on any atom is 0.433 e. The summed E-state index contributed by atoms with van der Waals surface area (Å²) in [5.74, 6) is -0.663. The number of halogens is 3. The maximum absolute atomic E-state index is 13.2. The van der Waals surface area contributed by atoms with Crippen LogP contribution < -0.4 is 0 Å². The van der Waals surface area contributed by atoms with Gasteiger partial charge in [0.1, 0.15) is 5.69 Å². The van der Waals surface area contributed by atoms with Gasteiger partial charge in [-0.25, -0.2) is 4.98 Å². The molecule has 0 radical (unpaired) electrons. The molecule has 2 atom stereocenters. The third-order valence-electron chi connectivity index (χ3n) is 8.03. The molecule has 0 bridgehead atoms. The number of carbonyl (C=O) groups is 2. The number of carbonyl (C=O) groups excluding carboxylic acids is 2. The van der Waals surface area contributed by atoms with Gasteiger partial charge in [-0.2, -0.15) is 13.2 Å². The molecule has 1 fully saturated rings. The lowest BCUT2D eigenvalue weighted by atomic mass is 10.0. The average molecular weight is 548 g/mol. The summed E-state index contributed by atoms with van der Waals surface area (Å²) in [5, 5.41) is -0.0315. The summed E-state index contributed by atoms with van der Waals surface area (Å²) in [5.41, 5.74) is 0.439. The molecule has 2 aliphatic heterocycles. The molecule has 2 amide bonds. The van der Waals surface area contributed by atoms with E-state index >= 15 is 0 Å². The minimum atomic E-state index is -4.47. The first-order valence-electron chi connectivity index (χ1n) is 13.1. The van der Waals surface area contributed by atoms with Crippen LogP contribution in [-0.4, -0.2) is 67.2 Å². The molecule has 1 aromatic heterocycles. The van der Waals surface area contributed by atoms with Crippen LogP contribution in [0.4, 0.5) is 13.2 Å². The predicted molar refractivity (Wildman–Crippen MR) is 142 cm³/mol. The lowest BCUT2D eigenvalue weighted by Gasteiger charge is -2.40. The Morgan fingerprint density at radius 2 is 1.66 bits per heavy atom. The van der Waals surface area contributed by atoms with Crippen LogP contribution in [0.25, 0.3) is 0 Å². The summed E-state index contributed by atoms with van der Waals surface area (Å²) < 4.78 is 46.3. The molecule has 1 aromatic carbocycles. The Bertz CT molecular complexity index is 1160. The molecular formula is C28H36F3N3O3Si. The van der Waals surface area contributed by atoms with Crippen LogP contribution in [0.3, 0.4) is 0 Å². The van der Waals surface area contributed by atoms with E-state index in [0.29, 0.717) is 49.3 Å². The second-order valence-corrected chi connectivity index (χ2v) is 16.5. The quantitative estimate of drug-likeness (QED) is 0.301. The molecule has 3 heterocycles. The number of hydrogen-bond donors (Lipinski definition) is 0. The van der Waals surface area contributed by atoms with Gasteiger partial charge in [-0.1, -0.05) is 39.0 Å². The molecule has 38 heavy (non-hydrogen) atoms. The molecule has 0 saturated carbocycles. The van der Waals surface area contributed by atoms with Crippen LogP contribution in [0.2, 0.25) is 18.1 Å². The maximum atomic E-state index is 13.2. The van der Waals surface area contributed by atoms with Crippen molar-refractivity contribution in [2.45, 2.75) is 69.9 Å². The first-order chi connectivity index (χ1) is 17.7. The highest BCUT2D eigenvalue weighted by atomic mass is 28.4. The number of alkyl halides is 3. The van der Waals surface area contributed by atoms with Crippen molar-refractivity contribution < 1.29 is 27.2 Å². The lowest BCUT2D eigenvalue weighted by molar-refractivity contribution is -0.141. The smallest absolute Gasteiger partial charge is 0.413 e. The molecule has 0 aliphatic carbocycles. The summed E-state index contributed by atoms with van der Waals surface area (Å²) in [4.78, 5) is 33.2. The van der Waals surface area contributed by atoms with E-state index in [0.717, 1.165) is 6.07 Å². The fraction of sp³-hybridized carbons (Fsp3) is 0.536. The zero-order chi connectivity index (χ0) is 27.9. The number of amides is 2. The number of nitrogens with zero attached hydrogens (tertiary/aromatic N) is 3. The fourth-order valence-electron chi connectivity index (χ4n) is 4.86. The Balaban J connectivity index is 1.46. The number of fused-ring (bicyclic) bond motifs is 1. The van der Waals surface area contributed by atoms with Crippen LogP contribution in [-0.2, 0) is 10.6 Å². The Morgan fingerprint density at radius 1 is 1.03 bits per heavy atom. The normalized spacial score (nSPS) is 19.8. The largest absolute Gasteiger partial charge is 0.433 e. The molecule has 206 valence electrons. The van der Waals surface area contributed by atoms with Crippen molar-refractivity contribution in [1.29, 1.82) is 0 Å². The van der Waals surface area contributed by atoms with Crippen molar-refractivity contribution in [2.75, 3.05) is 26.2 Å². The second kappa shape index (κ2) is 10.5. The number of rotatable bonds is 8. The Kier molecular flexibility index (Phi) is 7.89. The van der Waals surface area contributed by atoms with Crippen molar-refractivity contribution in [1.82, 2.24) is 14.8 Å². The van der Waals surface area contributed by atoms with Crippen molar-refractivity contribution in [3.8, 4) is 0 Å². The topological polar surface area (TPSA) is 62.7 Å². The summed E-state index contributed by atoms with van der Waals surface area (Å²) in [7, 11) is -2.18. The van der Waals surface area contributed by atoms with Gasteiger partial charge < -0.3 is 9.33 Å². The third-order valence-corrected chi connectivity index (χ3v) is 12.6. The van der Waals surface area contributed by atoms with Crippen LogP contribution >= 0.6 is 0 Å². The van der Waals surface area contributed by atoms with Gasteiger partial charge in [-0.05, 0) is 61.8 Å². The van der Waals surface area contributed by atoms with Crippen molar-refractivity contribution in [3.63, 3.8) is 0 Å². The molecule has 2 aliphatic rings. The molecule has 0 spiro atoms. The number of likely N-dealkylation sites (tertiary alicyclic amines) is 1. The van der Waals surface area contributed by atoms with E-state index < -0.39 is 20.2 Å². The van der Waals surface area contributed by atoms with Crippen molar-refractivity contribution >= 4 is 20.1 Å². The summed E-state index contributed by atoms with van der Waals surface area (Å²) in [6.07, 6.45) is -3.51. The molecule has 6 nitrogen and oxygen atoms in total. The summed E-state index contributed by atoms with van der Waals surface area (Å²) in [6.45, 7) is 12.9. The van der Waals surface area contributed by atoms with Gasteiger partial charge in [-0.15, -0.1) is 0 Å². The monoisotopic (exact) mass is 547 g/mol. The molecule has 2 aromatic rings. The standard InChI is InChI=1S/C28H36F3N3O3Si/c1-27(2,3)38(4,5)37-20(14-16-34-25(35)21-9-6-7-10-22(21)26(34)36)18-33-15-13-19(17-33)23-11-8-12-24(32-23)28(29,30)31/h6-12,19-20H,13-18H2,1-5H3/t19?,20-/m1/s1. The van der Waals surface area contributed by atoms with Crippen molar-refractivity contribution in [3.05, 3.63) is 65.0 Å². The van der Waals surface area contributed by atoms with Gasteiger partial charge in [0.25, 0.3) is 11.8 Å². The number of imide groups is 1. The van der Waals surface area contributed by atoms with E-state index in [4.69, 9.17) is 4.43 Å². The van der Waals surface area contributed by atoms with Crippen LogP contribution in [0.1, 0.15) is 71.6 Å². The molecular weight excluding hydrogens is 511 g/mol. The van der Waals surface area contributed by atoms with E-state index in [1.807, 2.05) is 0 Å². The van der Waals surface area contributed by atoms with Gasteiger partial charge in [-0.3, -0.25) is 14.5 Å².